The molecule has 66 valence electrons. The molecule has 0 radical (unpaired) electrons. The molecule has 0 bridgehead atoms. The van der Waals surface area contributed by atoms with E-state index in [9.17, 15) is 4.79 Å². The molecule has 0 aliphatic carbocycles. The lowest BCUT2D eigenvalue weighted by molar-refractivity contribution is -0.134. The molecule has 1 heterocycles. The minimum Gasteiger partial charge on any atom is -0.425 e. The van der Waals surface area contributed by atoms with Crippen LogP contribution in [0.3, 0.4) is 0 Å². The summed E-state index contributed by atoms with van der Waals surface area (Å²) in [6, 6.07) is 9.57. The molecular formula is C10H7BrO2. The number of esters is 1. The Bertz CT molecular complexity index is 368. The number of benzene rings is 1. The van der Waals surface area contributed by atoms with Gasteiger partial charge in [0.1, 0.15) is 5.76 Å². The van der Waals surface area contributed by atoms with Crippen LogP contribution < -0.4 is 0 Å². The van der Waals surface area contributed by atoms with Gasteiger partial charge in [-0.1, -0.05) is 46.3 Å². The first-order valence-electron chi connectivity index (χ1n) is 3.92. The van der Waals surface area contributed by atoms with Crippen molar-refractivity contribution in [1.82, 2.24) is 0 Å². The molecule has 3 heteroatoms. The van der Waals surface area contributed by atoms with E-state index < -0.39 is 0 Å². The normalized spacial score (nSPS) is 16.2. The van der Waals surface area contributed by atoms with Crippen LogP contribution in [0, 0.1) is 0 Å². The lowest BCUT2D eigenvalue weighted by Gasteiger charge is -2.01. The molecule has 2 nitrogen and oxygen atoms in total. The maximum atomic E-state index is 10.9. The first kappa shape index (κ1) is 8.51. The number of carbonyl (C=O) groups excluding carboxylic acids is 1. The lowest BCUT2D eigenvalue weighted by Crippen LogP contribution is -1.93. The van der Waals surface area contributed by atoms with Crippen molar-refractivity contribution in [2.24, 2.45) is 0 Å². The van der Waals surface area contributed by atoms with E-state index in [2.05, 4.69) is 15.9 Å². The average Bonchev–Trinajstić information content (AvgIpc) is 2.47. The van der Waals surface area contributed by atoms with Gasteiger partial charge in [-0.15, -0.1) is 0 Å². The molecular weight excluding hydrogens is 232 g/mol. The summed E-state index contributed by atoms with van der Waals surface area (Å²) in [5.41, 5.74) is 0.931. The minimum atomic E-state index is -0.203. The van der Waals surface area contributed by atoms with Gasteiger partial charge in [0.15, 0.2) is 0 Å². The molecule has 1 aromatic rings. The van der Waals surface area contributed by atoms with Gasteiger partial charge in [0.05, 0.1) is 6.42 Å². The molecule has 0 amide bonds. The predicted molar refractivity (Wildman–Crippen MR) is 53.0 cm³/mol. The van der Waals surface area contributed by atoms with Gasteiger partial charge >= 0.3 is 5.97 Å². The third-order valence-corrected chi connectivity index (χ3v) is 2.44. The van der Waals surface area contributed by atoms with E-state index in [4.69, 9.17) is 4.74 Å². The van der Waals surface area contributed by atoms with E-state index in [1.54, 1.807) is 0 Å². The van der Waals surface area contributed by atoms with E-state index in [0.717, 1.165) is 10.0 Å². The molecule has 0 unspecified atom stereocenters. The summed E-state index contributed by atoms with van der Waals surface area (Å²) in [5.74, 6) is 0.441. The number of cyclic esters (lactones) is 1. The summed E-state index contributed by atoms with van der Waals surface area (Å²) >= 11 is 3.32. The molecule has 0 fully saturated rings. The summed E-state index contributed by atoms with van der Waals surface area (Å²) in [5, 5.41) is 0. The van der Waals surface area contributed by atoms with E-state index in [-0.39, 0.29) is 5.97 Å². The van der Waals surface area contributed by atoms with Gasteiger partial charge < -0.3 is 4.74 Å². The van der Waals surface area contributed by atoms with Crippen molar-refractivity contribution in [3.05, 3.63) is 40.4 Å². The van der Waals surface area contributed by atoms with Crippen LogP contribution in [-0.2, 0) is 9.53 Å². The van der Waals surface area contributed by atoms with Gasteiger partial charge in [-0.3, -0.25) is 4.79 Å². The highest BCUT2D eigenvalue weighted by Gasteiger charge is 2.22. The summed E-state index contributed by atoms with van der Waals surface area (Å²) in [7, 11) is 0. The minimum absolute atomic E-state index is 0.203. The Balaban J connectivity index is 2.38. The van der Waals surface area contributed by atoms with Crippen molar-refractivity contribution >= 4 is 27.7 Å². The highest BCUT2D eigenvalue weighted by atomic mass is 79.9. The monoisotopic (exact) mass is 238 g/mol. The molecule has 0 spiro atoms. The molecule has 0 saturated heterocycles. The van der Waals surface area contributed by atoms with Crippen LogP contribution in [0.25, 0.3) is 5.76 Å². The number of carbonyl (C=O) groups is 1. The SMILES string of the molecule is O=C1CC(Br)=C(c2ccccc2)O1. The third-order valence-electron chi connectivity index (χ3n) is 1.80. The summed E-state index contributed by atoms with van der Waals surface area (Å²) in [4.78, 5) is 10.9. The van der Waals surface area contributed by atoms with Crippen LogP contribution in [0.2, 0.25) is 0 Å². The predicted octanol–water partition coefficient (Wildman–Crippen LogP) is 2.70. The maximum absolute atomic E-state index is 10.9. The van der Waals surface area contributed by atoms with Crippen LogP contribution in [-0.4, -0.2) is 5.97 Å². The van der Waals surface area contributed by atoms with Gasteiger partial charge in [0, 0.05) is 10.0 Å². The van der Waals surface area contributed by atoms with E-state index in [1.165, 1.54) is 0 Å². The zero-order valence-corrected chi connectivity index (χ0v) is 8.37. The first-order valence-corrected chi connectivity index (χ1v) is 4.71. The molecule has 2 rings (SSSR count). The van der Waals surface area contributed by atoms with Crippen molar-refractivity contribution in [1.29, 1.82) is 0 Å². The molecule has 0 saturated carbocycles. The summed E-state index contributed by atoms with van der Waals surface area (Å²) in [6.07, 6.45) is 0.338. The molecule has 0 N–H and O–H groups in total. The zero-order valence-electron chi connectivity index (χ0n) is 6.79. The van der Waals surface area contributed by atoms with Gasteiger partial charge in [0.2, 0.25) is 0 Å². The maximum Gasteiger partial charge on any atom is 0.316 e. The number of hydrogen-bond donors (Lipinski definition) is 0. The average molecular weight is 239 g/mol. The number of hydrogen-bond acceptors (Lipinski definition) is 2. The molecule has 0 aromatic heterocycles. The van der Waals surface area contributed by atoms with Crippen LogP contribution in [0.15, 0.2) is 34.8 Å². The second kappa shape index (κ2) is 3.34. The van der Waals surface area contributed by atoms with Crippen molar-refractivity contribution in [3.8, 4) is 0 Å². The molecule has 1 aromatic carbocycles. The highest BCUT2D eigenvalue weighted by molar-refractivity contribution is 9.11. The Hall–Kier alpha value is -1.09. The van der Waals surface area contributed by atoms with E-state index in [0.29, 0.717) is 12.2 Å². The van der Waals surface area contributed by atoms with E-state index in [1.807, 2.05) is 30.3 Å². The Morgan fingerprint density at radius 1 is 1.23 bits per heavy atom. The second-order valence-corrected chi connectivity index (χ2v) is 3.71. The summed E-state index contributed by atoms with van der Waals surface area (Å²) in [6.45, 7) is 0. The molecule has 1 aliphatic heterocycles. The lowest BCUT2D eigenvalue weighted by atomic mass is 10.2. The zero-order chi connectivity index (χ0) is 9.26. The fraction of sp³-hybridized carbons (Fsp3) is 0.100. The largest absolute Gasteiger partial charge is 0.425 e. The fourth-order valence-corrected chi connectivity index (χ4v) is 1.76. The summed E-state index contributed by atoms with van der Waals surface area (Å²) < 4.78 is 5.88. The van der Waals surface area contributed by atoms with Gasteiger partial charge in [0.25, 0.3) is 0 Å². The Morgan fingerprint density at radius 2 is 1.92 bits per heavy atom. The number of ether oxygens (including phenoxy) is 1. The Kier molecular flexibility index (Phi) is 2.19. The topological polar surface area (TPSA) is 26.3 Å². The van der Waals surface area contributed by atoms with Crippen molar-refractivity contribution in [2.45, 2.75) is 6.42 Å². The third kappa shape index (κ3) is 1.65. The Morgan fingerprint density at radius 3 is 2.46 bits per heavy atom. The van der Waals surface area contributed by atoms with Gasteiger partial charge in [-0.25, -0.2) is 0 Å². The molecule has 13 heavy (non-hydrogen) atoms. The van der Waals surface area contributed by atoms with Gasteiger partial charge in [-0.2, -0.15) is 0 Å². The number of rotatable bonds is 1. The standard InChI is InChI=1S/C10H7BrO2/c11-8-6-9(12)13-10(8)7-4-2-1-3-5-7/h1-5H,6H2. The molecule has 0 atom stereocenters. The first-order chi connectivity index (χ1) is 6.27. The van der Waals surface area contributed by atoms with E-state index >= 15 is 0 Å². The highest BCUT2D eigenvalue weighted by Crippen LogP contribution is 2.32. The fourth-order valence-electron chi connectivity index (χ4n) is 1.22. The Labute approximate surface area is 84.3 Å². The van der Waals surface area contributed by atoms with Crippen LogP contribution in [0.1, 0.15) is 12.0 Å². The van der Waals surface area contributed by atoms with Crippen LogP contribution >= 0.6 is 15.9 Å². The van der Waals surface area contributed by atoms with Crippen molar-refractivity contribution in [3.63, 3.8) is 0 Å². The van der Waals surface area contributed by atoms with Crippen molar-refractivity contribution < 1.29 is 9.53 Å². The quantitative estimate of drug-likeness (QED) is 0.704. The van der Waals surface area contributed by atoms with Crippen LogP contribution in [0.5, 0.6) is 0 Å². The number of halogens is 1. The smallest absolute Gasteiger partial charge is 0.316 e. The van der Waals surface area contributed by atoms with Crippen molar-refractivity contribution in [2.75, 3.05) is 0 Å². The van der Waals surface area contributed by atoms with Gasteiger partial charge in [-0.05, 0) is 0 Å². The van der Waals surface area contributed by atoms with Crippen LogP contribution in [0.4, 0.5) is 0 Å². The molecule has 1 aliphatic rings. The second-order valence-electron chi connectivity index (χ2n) is 2.75.